The molecule has 16 heavy (non-hydrogen) atoms. The molecule has 1 aromatic carbocycles. The third-order valence-corrected chi connectivity index (χ3v) is 3.06. The quantitative estimate of drug-likeness (QED) is 0.766. The van der Waals surface area contributed by atoms with Gasteiger partial charge < -0.3 is 5.32 Å². The fourth-order valence-corrected chi connectivity index (χ4v) is 2.03. The monoisotopic (exact) mass is 235 g/mol. The molecule has 0 aliphatic heterocycles. The summed E-state index contributed by atoms with van der Waals surface area (Å²) in [7, 11) is 0. The molecule has 0 saturated carbocycles. The Labute approximate surface area is 103 Å². The van der Waals surface area contributed by atoms with Crippen LogP contribution in [0.4, 0.5) is 0 Å². The molecule has 2 unspecified atom stereocenters. The lowest BCUT2D eigenvalue weighted by molar-refractivity contribution is 0.449. The van der Waals surface area contributed by atoms with Crippen LogP contribution in [0.1, 0.15) is 38.3 Å². The predicted molar refractivity (Wildman–Crippen MR) is 70.5 cm³/mol. The van der Waals surface area contributed by atoms with E-state index in [2.05, 4.69) is 25.1 Å². The van der Waals surface area contributed by atoms with Crippen molar-refractivity contribution in [1.29, 1.82) is 0 Å². The Morgan fingerprint density at radius 2 is 2.12 bits per heavy atom. The van der Waals surface area contributed by atoms with Crippen molar-refractivity contribution in [1.82, 2.24) is 5.32 Å². The third-order valence-electron chi connectivity index (χ3n) is 2.71. The highest BCUT2D eigenvalue weighted by Crippen LogP contribution is 2.22. The second-order valence-electron chi connectivity index (χ2n) is 3.92. The minimum atomic E-state index is 0.229. The highest BCUT2D eigenvalue weighted by molar-refractivity contribution is 6.31. The molecule has 1 N–H and O–H groups in total. The van der Waals surface area contributed by atoms with Crippen LogP contribution in [0.2, 0.25) is 5.02 Å². The van der Waals surface area contributed by atoms with Gasteiger partial charge in [-0.1, -0.05) is 36.7 Å². The van der Waals surface area contributed by atoms with Gasteiger partial charge in [0.1, 0.15) is 0 Å². The molecule has 0 radical (unpaired) electrons. The van der Waals surface area contributed by atoms with Gasteiger partial charge in [-0.3, -0.25) is 0 Å². The molecule has 1 aromatic rings. The van der Waals surface area contributed by atoms with Gasteiger partial charge in [0.05, 0.1) is 0 Å². The van der Waals surface area contributed by atoms with Gasteiger partial charge in [-0.2, -0.15) is 0 Å². The summed E-state index contributed by atoms with van der Waals surface area (Å²) < 4.78 is 0. The van der Waals surface area contributed by atoms with Gasteiger partial charge in [0, 0.05) is 23.5 Å². The molecule has 0 fully saturated rings. The summed E-state index contributed by atoms with van der Waals surface area (Å²) >= 11 is 6.14. The lowest BCUT2D eigenvalue weighted by Gasteiger charge is -2.21. The van der Waals surface area contributed by atoms with Crippen molar-refractivity contribution < 1.29 is 0 Å². The van der Waals surface area contributed by atoms with Crippen molar-refractivity contribution in [2.24, 2.45) is 0 Å². The molecule has 0 aliphatic carbocycles. The summed E-state index contributed by atoms with van der Waals surface area (Å²) in [6.07, 6.45) is 7.12. The fourth-order valence-electron chi connectivity index (χ4n) is 1.73. The molecule has 86 valence electrons. The summed E-state index contributed by atoms with van der Waals surface area (Å²) in [5, 5.41) is 4.30. The van der Waals surface area contributed by atoms with E-state index < -0.39 is 0 Å². The van der Waals surface area contributed by atoms with Crippen molar-refractivity contribution in [3.63, 3.8) is 0 Å². The van der Waals surface area contributed by atoms with E-state index in [9.17, 15) is 0 Å². The van der Waals surface area contributed by atoms with Gasteiger partial charge >= 0.3 is 0 Å². The van der Waals surface area contributed by atoms with Crippen LogP contribution >= 0.6 is 11.6 Å². The van der Waals surface area contributed by atoms with Gasteiger partial charge in [-0.15, -0.1) is 12.3 Å². The second kappa shape index (κ2) is 6.58. The number of benzene rings is 1. The maximum atomic E-state index is 6.14. The molecular weight excluding hydrogens is 218 g/mol. The summed E-state index contributed by atoms with van der Waals surface area (Å²) in [5.74, 6) is 2.69. The molecule has 0 amide bonds. The van der Waals surface area contributed by atoms with Crippen LogP contribution in [0.25, 0.3) is 0 Å². The molecule has 0 saturated heterocycles. The Bertz CT molecular complexity index is 367. The fraction of sp³-hybridized carbons (Fsp3) is 0.429. The summed E-state index contributed by atoms with van der Waals surface area (Å²) in [5.41, 5.74) is 1.12. The van der Waals surface area contributed by atoms with E-state index in [0.29, 0.717) is 6.04 Å². The number of nitrogens with one attached hydrogen (secondary N) is 1. The average Bonchev–Trinajstić information content (AvgIpc) is 2.28. The lowest BCUT2D eigenvalue weighted by Crippen LogP contribution is -2.30. The number of hydrogen-bond acceptors (Lipinski definition) is 1. The smallest absolute Gasteiger partial charge is 0.0453 e. The number of rotatable bonds is 5. The summed E-state index contributed by atoms with van der Waals surface area (Å²) in [6.45, 7) is 4.24. The maximum Gasteiger partial charge on any atom is 0.0453 e. The van der Waals surface area contributed by atoms with Gasteiger partial charge in [0.25, 0.3) is 0 Å². The number of terminal acetylenes is 1. The van der Waals surface area contributed by atoms with Crippen LogP contribution in [0.3, 0.4) is 0 Å². The highest BCUT2D eigenvalue weighted by atomic mass is 35.5. The third kappa shape index (κ3) is 3.56. The summed E-state index contributed by atoms with van der Waals surface area (Å²) in [4.78, 5) is 0. The molecule has 1 nitrogen and oxygen atoms in total. The van der Waals surface area contributed by atoms with Crippen molar-refractivity contribution in [2.45, 2.75) is 38.8 Å². The molecule has 0 spiro atoms. The lowest BCUT2D eigenvalue weighted by atomic mass is 10.1. The first-order valence-electron chi connectivity index (χ1n) is 5.63. The topological polar surface area (TPSA) is 12.0 Å². The van der Waals surface area contributed by atoms with E-state index in [0.717, 1.165) is 23.4 Å². The van der Waals surface area contributed by atoms with Crippen LogP contribution < -0.4 is 5.32 Å². The maximum absolute atomic E-state index is 6.14. The van der Waals surface area contributed by atoms with Crippen LogP contribution in [0.15, 0.2) is 24.3 Å². The SMILES string of the molecule is C#CCC(CC)NC(C)c1ccccc1Cl. The Morgan fingerprint density at radius 1 is 1.44 bits per heavy atom. The van der Waals surface area contributed by atoms with Crippen LogP contribution in [-0.4, -0.2) is 6.04 Å². The van der Waals surface area contributed by atoms with Crippen molar-refractivity contribution >= 4 is 11.6 Å². The molecule has 0 heterocycles. The largest absolute Gasteiger partial charge is 0.306 e. The Hall–Kier alpha value is -0.970. The Kier molecular flexibility index (Phi) is 5.38. The van der Waals surface area contributed by atoms with E-state index in [-0.39, 0.29) is 6.04 Å². The van der Waals surface area contributed by atoms with Crippen molar-refractivity contribution in [3.8, 4) is 12.3 Å². The number of hydrogen-bond donors (Lipinski definition) is 1. The van der Waals surface area contributed by atoms with Gasteiger partial charge in [0.15, 0.2) is 0 Å². The average molecular weight is 236 g/mol. The first kappa shape index (κ1) is 13.1. The molecule has 0 bridgehead atoms. The van der Waals surface area contributed by atoms with E-state index in [1.54, 1.807) is 0 Å². The van der Waals surface area contributed by atoms with Crippen molar-refractivity contribution in [3.05, 3.63) is 34.9 Å². The minimum absolute atomic E-state index is 0.229. The minimum Gasteiger partial charge on any atom is -0.306 e. The molecule has 2 heteroatoms. The Morgan fingerprint density at radius 3 is 2.69 bits per heavy atom. The first-order valence-corrected chi connectivity index (χ1v) is 6.00. The first-order chi connectivity index (χ1) is 7.69. The van der Waals surface area contributed by atoms with Gasteiger partial charge in [-0.25, -0.2) is 0 Å². The summed E-state index contributed by atoms with van der Waals surface area (Å²) in [6, 6.07) is 8.49. The highest BCUT2D eigenvalue weighted by Gasteiger charge is 2.12. The zero-order chi connectivity index (χ0) is 12.0. The Balaban J connectivity index is 2.68. The van der Waals surface area contributed by atoms with Gasteiger partial charge in [-0.05, 0) is 25.0 Å². The van der Waals surface area contributed by atoms with E-state index in [1.807, 2.05) is 24.3 Å². The van der Waals surface area contributed by atoms with Gasteiger partial charge in [0.2, 0.25) is 0 Å². The molecular formula is C14H18ClN. The van der Waals surface area contributed by atoms with Crippen molar-refractivity contribution in [2.75, 3.05) is 0 Å². The standard InChI is InChI=1S/C14H18ClN/c1-4-8-12(5-2)16-11(3)13-9-6-7-10-14(13)15/h1,6-7,9-12,16H,5,8H2,2-3H3. The van der Waals surface area contributed by atoms with Crippen LogP contribution in [0, 0.1) is 12.3 Å². The van der Waals surface area contributed by atoms with E-state index in [1.165, 1.54) is 0 Å². The molecule has 0 aliphatic rings. The number of halogens is 1. The zero-order valence-corrected chi connectivity index (χ0v) is 10.6. The molecule has 0 aromatic heterocycles. The molecule has 1 rings (SSSR count). The zero-order valence-electron chi connectivity index (χ0n) is 9.83. The van der Waals surface area contributed by atoms with E-state index in [4.69, 9.17) is 18.0 Å². The van der Waals surface area contributed by atoms with E-state index >= 15 is 0 Å². The predicted octanol–water partition coefficient (Wildman–Crippen LogP) is 3.79. The van der Waals surface area contributed by atoms with Crippen LogP contribution in [-0.2, 0) is 0 Å². The molecule has 2 atom stereocenters. The second-order valence-corrected chi connectivity index (χ2v) is 4.33. The van der Waals surface area contributed by atoms with Crippen LogP contribution in [0.5, 0.6) is 0 Å². The normalized spacial score (nSPS) is 14.1.